The predicted molar refractivity (Wildman–Crippen MR) is 93.0 cm³/mol. The van der Waals surface area contributed by atoms with Gasteiger partial charge in [-0.2, -0.15) is 0 Å². The molecule has 0 unspecified atom stereocenters. The summed E-state index contributed by atoms with van der Waals surface area (Å²) >= 11 is 0. The third kappa shape index (κ3) is 5.98. The molecule has 0 saturated heterocycles. The Balaban J connectivity index is 1.94. The van der Waals surface area contributed by atoms with Gasteiger partial charge in [0.05, 0.1) is 5.75 Å². The molecule has 1 N–H and O–H groups in total. The third-order valence-electron chi connectivity index (χ3n) is 4.45. The second kappa shape index (κ2) is 7.95. The van der Waals surface area contributed by atoms with Gasteiger partial charge in [-0.05, 0) is 37.8 Å². The number of carbonyl (C=O) groups excluding carboxylic acids is 1. The van der Waals surface area contributed by atoms with E-state index in [9.17, 15) is 13.2 Å². The van der Waals surface area contributed by atoms with Crippen LogP contribution >= 0.6 is 0 Å². The zero-order valence-electron chi connectivity index (χ0n) is 14.1. The minimum Gasteiger partial charge on any atom is -0.352 e. The van der Waals surface area contributed by atoms with Gasteiger partial charge in [0.2, 0.25) is 5.91 Å². The summed E-state index contributed by atoms with van der Waals surface area (Å²) in [6.45, 7) is 3.84. The van der Waals surface area contributed by atoms with Crippen LogP contribution in [0.25, 0.3) is 0 Å². The molecule has 0 aliphatic heterocycles. The molecule has 0 radical (unpaired) electrons. The van der Waals surface area contributed by atoms with Crippen LogP contribution in [0.1, 0.15) is 55.2 Å². The molecule has 1 aromatic carbocycles. The molecule has 4 nitrogen and oxygen atoms in total. The fourth-order valence-electron chi connectivity index (χ4n) is 3.14. The first kappa shape index (κ1) is 18.0. The molecule has 1 fully saturated rings. The lowest BCUT2D eigenvalue weighted by atomic mass is 10.1. The molecule has 128 valence electrons. The van der Waals surface area contributed by atoms with Crippen molar-refractivity contribution in [1.82, 2.24) is 5.32 Å². The number of benzene rings is 1. The molecule has 1 amide bonds. The SMILES string of the molecule is Cc1ccc(C)c(CS(=O)(=O)CC(=O)NC2CCCCCC2)c1. The molecule has 1 aliphatic carbocycles. The number of carbonyl (C=O) groups is 1. The van der Waals surface area contributed by atoms with Crippen LogP contribution < -0.4 is 5.32 Å². The number of sulfone groups is 1. The minimum absolute atomic E-state index is 0.0708. The number of amides is 1. The summed E-state index contributed by atoms with van der Waals surface area (Å²) in [5.41, 5.74) is 2.76. The molecule has 0 aromatic heterocycles. The highest BCUT2D eigenvalue weighted by atomic mass is 32.2. The highest BCUT2D eigenvalue weighted by Crippen LogP contribution is 2.18. The quantitative estimate of drug-likeness (QED) is 0.840. The maximum Gasteiger partial charge on any atom is 0.235 e. The molecule has 1 aliphatic rings. The molecule has 5 heteroatoms. The lowest BCUT2D eigenvalue weighted by Crippen LogP contribution is -2.38. The van der Waals surface area contributed by atoms with Crippen LogP contribution in [-0.2, 0) is 20.4 Å². The lowest BCUT2D eigenvalue weighted by Gasteiger charge is -2.16. The summed E-state index contributed by atoms with van der Waals surface area (Å²) in [6.07, 6.45) is 6.56. The third-order valence-corrected chi connectivity index (χ3v) is 5.90. The molecule has 1 saturated carbocycles. The van der Waals surface area contributed by atoms with Gasteiger partial charge >= 0.3 is 0 Å². The van der Waals surface area contributed by atoms with E-state index in [0.717, 1.165) is 42.4 Å². The Kier molecular flexibility index (Phi) is 6.22. The average molecular weight is 337 g/mol. The van der Waals surface area contributed by atoms with Crippen LogP contribution in [0.4, 0.5) is 0 Å². The van der Waals surface area contributed by atoms with Crippen molar-refractivity contribution in [1.29, 1.82) is 0 Å². The van der Waals surface area contributed by atoms with Gasteiger partial charge in [0.15, 0.2) is 9.84 Å². The largest absolute Gasteiger partial charge is 0.352 e. The van der Waals surface area contributed by atoms with Crippen molar-refractivity contribution in [3.63, 3.8) is 0 Å². The number of hydrogen-bond acceptors (Lipinski definition) is 3. The normalized spacial score (nSPS) is 16.8. The first-order chi connectivity index (χ1) is 10.9. The van der Waals surface area contributed by atoms with E-state index >= 15 is 0 Å². The highest BCUT2D eigenvalue weighted by Gasteiger charge is 2.21. The van der Waals surface area contributed by atoms with Crippen LogP contribution in [0.3, 0.4) is 0 Å². The van der Waals surface area contributed by atoms with Crippen LogP contribution in [0.15, 0.2) is 18.2 Å². The van der Waals surface area contributed by atoms with Crippen LogP contribution in [0.2, 0.25) is 0 Å². The van der Waals surface area contributed by atoms with E-state index in [4.69, 9.17) is 0 Å². The molecule has 1 aromatic rings. The fraction of sp³-hybridized carbons (Fsp3) is 0.611. The molecule has 0 atom stereocenters. The van der Waals surface area contributed by atoms with Gasteiger partial charge in [0, 0.05) is 6.04 Å². The van der Waals surface area contributed by atoms with Crippen LogP contribution in [-0.4, -0.2) is 26.1 Å². The Morgan fingerprint density at radius 3 is 2.43 bits per heavy atom. The second-order valence-electron chi connectivity index (χ2n) is 6.72. The highest BCUT2D eigenvalue weighted by molar-refractivity contribution is 7.91. The van der Waals surface area contributed by atoms with Gasteiger partial charge in [-0.15, -0.1) is 0 Å². The van der Waals surface area contributed by atoms with E-state index in [1.165, 1.54) is 12.8 Å². The minimum atomic E-state index is -3.45. The number of nitrogens with one attached hydrogen (secondary N) is 1. The molecule has 0 spiro atoms. The summed E-state index contributed by atoms with van der Waals surface area (Å²) in [7, 11) is -3.45. The second-order valence-corrected chi connectivity index (χ2v) is 8.78. The van der Waals surface area contributed by atoms with Crippen LogP contribution in [0.5, 0.6) is 0 Å². The Morgan fingerprint density at radius 2 is 1.78 bits per heavy atom. The fourth-order valence-corrected chi connectivity index (χ4v) is 4.51. The Morgan fingerprint density at radius 1 is 1.13 bits per heavy atom. The van der Waals surface area contributed by atoms with Crippen LogP contribution in [0, 0.1) is 13.8 Å². The Bertz CT molecular complexity index is 644. The van der Waals surface area contributed by atoms with Crippen molar-refractivity contribution in [2.75, 3.05) is 5.75 Å². The zero-order valence-corrected chi connectivity index (χ0v) is 14.9. The first-order valence-electron chi connectivity index (χ1n) is 8.42. The summed E-state index contributed by atoms with van der Waals surface area (Å²) in [6, 6.07) is 5.91. The topological polar surface area (TPSA) is 63.2 Å². The standard InChI is InChI=1S/C18H27NO3S/c1-14-9-10-15(2)16(11-14)12-23(21,22)13-18(20)19-17-7-5-3-4-6-8-17/h9-11,17H,3-8,12-13H2,1-2H3,(H,19,20). The van der Waals surface area contributed by atoms with E-state index in [0.29, 0.717) is 0 Å². The van der Waals surface area contributed by atoms with Gasteiger partial charge in [0.25, 0.3) is 0 Å². The van der Waals surface area contributed by atoms with Gasteiger partial charge in [-0.3, -0.25) is 4.79 Å². The summed E-state index contributed by atoms with van der Waals surface area (Å²) in [5, 5.41) is 2.91. The lowest BCUT2D eigenvalue weighted by molar-refractivity contribution is -0.119. The van der Waals surface area contributed by atoms with Crippen molar-refractivity contribution in [3.05, 3.63) is 34.9 Å². The molecular formula is C18H27NO3S. The molecule has 2 rings (SSSR count). The van der Waals surface area contributed by atoms with E-state index in [2.05, 4.69) is 5.32 Å². The zero-order chi connectivity index (χ0) is 16.9. The van der Waals surface area contributed by atoms with Crippen molar-refractivity contribution in [2.24, 2.45) is 0 Å². The van der Waals surface area contributed by atoms with Crippen molar-refractivity contribution in [3.8, 4) is 0 Å². The summed E-state index contributed by atoms with van der Waals surface area (Å²) in [4.78, 5) is 12.1. The van der Waals surface area contributed by atoms with Crippen molar-refractivity contribution < 1.29 is 13.2 Å². The van der Waals surface area contributed by atoms with Gasteiger partial charge in [-0.1, -0.05) is 49.4 Å². The summed E-state index contributed by atoms with van der Waals surface area (Å²) < 4.78 is 24.6. The first-order valence-corrected chi connectivity index (χ1v) is 10.2. The molecule has 23 heavy (non-hydrogen) atoms. The number of aryl methyl sites for hydroxylation is 2. The number of hydrogen-bond donors (Lipinski definition) is 1. The molecular weight excluding hydrogens is 310 g/mol. The van der Waals surface area contributed by atoms with E-state index in [1.54, 1.807) is 0 Å². The van der Waals surface area contributed by atoms with Crippen molar-refractivity contribution >= 4 is 15.7 Å². The molecule has 0 bridgehead atoms. The average Bonchev–Trinajstić information content (AvgIpc) is 2.70. The maximum absolute atomic E-state index is 12.3. The van der Waals surface area contributed by atoms with E-state index in [-0.39, 0.29) is 17.7 Å². The molecule has 0 heterocycles. The monoisotopic (exact) mass is 337 g/mol. The van der Waals surface area contributed by atoms with Gasteiger partial charge in [0.1, 0.15) is 5.75 Å². The van der Waals surface area contributed by atoms with Crippen molar-refractivity contribution in [2.45, 2.75) is 64.2 Å². The smallest absolute Gasteiger partial charge is 0.235 e. The van der Waals surface area contributed by atoms with E-state index in [1.807, 2.05) is 32.0 Å². The number of rotatable bonds is 5. The Labute approximate surface area is 139 Å². The Hall–Kier alpha value is -1.36. The summed E-state index contributed by atoms with van der Waals surface area (Å²) in [5.74, 6) is -0.850. The predicted octanol–water partition coefficient (Wildman–Crippen LogP) is 3.06. The maximum atomic E-state index is 12.3. The van der Waals surface area contributed by atoms with Gasteiger partial charge in [-0.25, -0.2) is 8.42 Å². The van der Waals surface area contributed by atoms with E-state index < -0.39 is 15.6 Å². The van der Waals surface area contributed by atoms with Gasteiger partial charge < -0.3 is 5.32 Å².